The van der Waals surface area contributed by atoms with Gasteiger partial charge in [0.25, 0.3) is 0 Å². The molecule has 2 rings (SSSR count). The van der Waals surface area contributed by atoms with Gasteiger partial charge in [-0.1, -0.05) is 47.8 Å². The molecule has 0 aliphatic rings. The molecule has 0 aliphatic carbocycles. The molecular weight excluding hydrogens is 259 g/mol. The molecule has 0 N–H and O–H groups in total. The van der Waals surface area contributed by atoms with Crippen LogP contribution in [-0.4, -0.2) is 0 Å². The normalized spacial score (nSPS) is 10.4. The van der Waals surface area contributed by atoms with E-state index in [1.165, 1.54) is 5.56 Å². The monoisotopic (exact) mass is 278 g/mol. The molecule has 2 aromatic carbocycles. The third-order valence-corrected chi connectivity index (χ3v) is 3.26. The van der Waals surface area contributed by atoms with Crippen LogP contribution >= 0.6 is 0 Å². The van der Waals surface area contributed by atoms with Gasteiger partial charge in [-0.2, -0.15) is 0 Å². The van der Waals surface area contributed by atoms with Crippen molar-refractivity contribution >= 4 is 0 Å². The molecule has 1 heteroatoms. The summed E-state index contributed by atoms with van der Waals surface area (Å²) < 4.78 is 14.0. The van der Waals surface area contributed by atoms with Crippen LogP contribution in [0.15, 0.2) is 54.6 Å². The van der Waals surface area contributed by atoms with Crippen molar-refractivity contribution in [3.63, 3.8) is 0 Å². The first kappa shape index (κ1) is 15.1. The van der Waals surface area contributed by atoms with Crippen LogP contribution in [0.4, 0.5) is 4.39 Å². The van der Waals surface area contributed by atoms with E-state index in [2.05, 4.69) is 17.9 Å². The first-order valence-corrected chi connectivity index (χ1v) is 7.17. The Labute approximate surface area is 126 Å². The van der Waals surface area contributed by atoms with Crippen LogP contribution in [-0.2, 0) is 6.42 Å². The lowest BCUT2D eigenvalue weighted by atomic mass is 10.1. The molecule has 0 fully saturated rings. The van der Waals surface area contributed by atoms with Gasteiger partial charge in [-0.05, 0) is 56.5 Å². The molecule has 0 saturated heterocycles. The molecule has 0 nitrogen and oxygen atoms in total. The standard InChI is InChI=1S/C20H19F/c1-3-4-5-6-18-12-14-19(20(21)15-18)13-11-17-9-7-16(2)8-10-17/h3-4,7-10,12,14-15H,5-6H2,1-2H3/b4-3+. The molecular formula is C20H19F. The zero-order chi connectivity index (χ0) is 15.1. The molecule has 0 aliphatic heterocycles. The summed E-state index contributed by atoms with van der Waals surface area (Å²) in [6, 6.07) is 13.2. The Morgan fingerprint density at radius 1 is 1.05 bits per heavy atom. The summed E-state index contributed by atoms with van der Waals surface area (Å²) in [5, 5.41) is 0. The van der Waals surface area contributed by atoms with E-state index in [0.29, 0.717) is 5.56 Å². The van der Waals surface area contributed by atoms with E-state index in [9.17, 15) is 4.39 Å². The van der Waals surface area contributed by atoms with Gasteiger partial charge in [0, 0.05) is 5.56 Å². The summed E-state index contributed by atoms with van der Waals surface area (Å²) in [7, 11) is 0. The molecule has 0 atom stereocenters. The molecule has 0 radical (unpaired) electrons. The minimum atomic E-state index is -0.243. The Kier molecular flexibility index (Phi) is 5.35. The minimum absolute atomic E-state index is 0.243. The van der Waals surface area contributed by atoms with Gasteiger partial charge >= 0.3 is 0 Å². The van der Waals surface area contributed by atoms with Gasteiger partial charge in [0.15, 0.2) is 0 Å². The number of hydrogen-bond donors (Lipinski definition) is 0. The smallest absolute Gasteiger partial charge is 0.139 e. The topological polar surface area (TPSA) is 0 Å². The fourth-order valence-corrected chi connectivity index (χ4v) is 2.01. The second kappa shape index (κ2) is 7.45. The maximum Gasteiger partial charge on any atom is 0.139 e. The Morgan fingerprint density at radius 2 is 1.81 bits per heavy atom. The van der Waals surface area contributed by atoms with Gasteiger partial charge < -0.3 is 0 Å². The SMILES string of the molecule is C/C=C/CCc1ccc(C#Cc2ccc(C)cc2)c(F)c1. The van der Waals surface area contributed by atoms with Crippen molar-refractivity contribution in [2.24, 2.45) is 0 Å². The fourth-order valence-electron chi connectivity index (χ4n) is 2.01. The maximum absolute atomic E-state index is 14.0. The lowest BCUT2D eigenvalue weighted by Crippen LogP contribution is -1.89. The van der Waals surface area contributed by atoms with Crippen molar-refractivity contribution in [1.29, 1.82) is 0 Å². The third kappa shape index (κ3) is 4.61. The van der Waals surface area contributed by atoms with E-state index in [0.717, 1.165) is 24.0 Å². The molecule has 21 heavy (non-hydrogen) atoms. The Morgan fingerprint density at radius 3 is 2.48 bits per heavy atom. The number of aryl methyl sites for hydroxylation is 2. The average molecular weight is 278 g/mol. The summed E-state index contributed by atoms with van der Waals surface area (Å²) in [5.74, 6) is 5.66. The van der Waals surface area contributed by atoms with Gasteiger partial charge in [0.1, 0.15) is 5.82 Å². The van der Waals surface area contributed by atoms with E-state index in [4.69, 9.17) is 0 Å². The van der Waals surface area contributed by atoms with Crippen LogP contribution in [0.5, 0.6) is 0 Å². The van der Waals surface area contributed by atoms with Crippen molar-refractivity contribution < 1.29 is 4.39 Å². The Balaban J connectivity index is 2.12. The van der Waals surface area contributed by atoms with Crippen LogP contribution in [0.1, 0.15) is 35.6 Å². The van der Waals surface area contributed by atoms with E-state index < -0.39 is 0 Å². The minimum Gasteiger partial charge on any atom is -0.206 e. The van der Waals surface area contributed by atoms with Crippen LogP contribution in [0.2, 0.25) is 0 Å². The van der Waals surface area contributed by atoms with Gasteiger partial charge in [-0.3, -0.25) is 0 Å². The van der Waals surface area contributed by atoms with Gasteiger partial charge in [-0.15, -0.1) is 0 Å². The van der Waals surface area contributed by atoms with Gasteiger partial charge in [-0.25, -0.2) is 4.39 Å². The highest BCUT2D eigenvalue weighted by Gasteiger charge is 2.00. The number of allylic oxidation sites excluding steroid dienone is 2. The van der Waals surface area contributed by atoms with Gasteiger partial charge in [0.05, 0.1) is 5.56 Å². The highest BCUT2D eigenvalue weighted by atomic mass is 19.1. The van der Waals surface area contributed by atoms with Gasteiger partial charge in [0.2, 0.25) is 0 Å². The van der Waals surface area contributed by atoms with E-state index in [1.54, 1.807) is 12.1 Å². The highest BCUT2D eigenvalue weighted by Crippen LogP contribution is 2.12. The second-order valence-corrected chi connectivity index (χ2v) is 5.04. The molecule has 0 bridgehead atoms. The Bertz CT molecular complexity index is 682. The summed E-state index contributed by atoms with van der Waals surface area (Å²) in [6.07, 6.45) is 5.89. The first-order valence-electron chi connectivity index (χ1n) is 7.17. The molecule has 0 saturated carbocycles. The zero-order valence-corrected chi connectivity index (χ0v) is 12.5. The van der Waals surface area contributed by atoms with E-state index in [1.807, 2.05) is 50.3 Å². The molecule has 106 valence electrons. The van der Waals surface area contributed by atoms with E-state index in [-0.39, 0.29) is 5.82 Å². The van der Waals surface area contributed by atoms with Crippen LogP contribution in [0, 0.1) is 24.6 Å². The van der Waals surface area contributed by atoms with Crippen molar-refractivity contribution in [1.82, 2.24) is 0 Å². The molecule has 0 unspecified atom stereocenters. The molecule has 0 heterocycles. The zero-order valence-electron chi connectivity index (χ0n) is 12.5. The van der Waals surface area contributed by atoms with Crippen molar-refractivity contribution in [3.8, 4) is 11.8 Å². The quantitative estimate of drug-likeness (QED) is 0.545. The molecule has 0 spiro atoms. The summed E-state index contributed by atoms with van der Waals surface area (Å²) in [5.41, 5.74) is 3.55. The predicted octanol–water partition coefficient (Wildman–Crippen LogP) is 5.04. The lowest BCUT2D eigenvalue weighted by molar-refractivity contribution is 0.622. The maximum atomic E-state index is 14.0. The van der Waals surface area contributed by atoms with Crippen molar-refractivity contribution in [2.75, 3.05) is 0 Å². The summed E-state index contributed by atoms with van der Waals surface area (Å²) >= 11 is 0. The largest absolute Gasteiger partial charge is 0.206 e. The third-order valence-electron chi connectivity index (χ3n) is 3.26. The number of halogens is 1. The molecule has 2 aromatic rings. The second-order valence-electron chi connectivity index (χ2n) is 5.04. The highest BCUT2D eigenvalue weighted by molar-refractivity contribution is 5.44. The number of benzene rings is 2. The average Bonchev–Trinajstić information content (AvgIpc) is 2.48. The molecule has 0 amide bonds. The number of hydrogen-bond acceptors (Lipinski definition) is 0. The van der Waals surface area contributed by atoms with E-state index >= 15 is 0 Å². The number of rotatable bonds is 3. The summed E-state index contributed by atoms with van der Waals surface area (Å²) in [4.78, 5) is 0. The van der Waals surface area contributed by atoms with Crippen LogP contribution in [0.25, 0.3) is 0 Å². The fraction of sp³-hybridized carbons (Fsp3) is 0.200. The predicted molar refractivity (Wildman–Crippen MR) is 86.7 cm³/mol. The lowest BCUT2D eigenvalue weighted by Gasteiger charge is -2.00. The first-order chi connectivity index (χ1) is 10.2. The van der Waals surface area contributed by atoms with Crippen LogP contribution in [0.3, 0.4) is 0 Å². The molecule has 0 aromatic heterocycles. The Hall–Kier alpha value is -2.33. The van der Waals surface area contributed by atoms with Crippen molar-refractivity contribution in [2.45, 2.75) is 26.7 Å². The van der Waals surface area contributed by atoms with Crippen molar-refractivity contribution in [3.05, 3.63) is 82.7 Å². The van der Waals surface area contributed by atoms with Crippen LogP contribution < -0.4 is 0 Å². The summed E-state index contributed by atoms with van der Waals surface area (Å²) in [6.45, 7) is 4.02.